The van der Waals surface area contributed by atoms with E-state index in [-0.39, 0.29) is 11.5 Å². The lowest BCUT2D eigenvalue weighted by atomic mass is 10.0. The summed E-state index contributed by atoms with van der Waals surface area (Å²) in [5, 5.41) is 17.7. The molecule has 0 saturated heterocycles. The molecule has 1 heterocycles. The van der Waals surface area contributed by atoms with Gasteiger partial charge in [-0.3, -0.25) is 14.3 Å². The van der Waals surface area contributed by atoms with Crippen molar-refractivity contribution in [1.29, 1.82) is 5.26 Å². The number of aliphatic carboxylic acids is 1. The average molecular weight is 237 g/mol. The van der Waals surface area contributed by atoms with Gasteiger partial charge in [-0.25, -0.2) is 9.59 Å². The molecule has 0 aromatic carbocycles. The summed E-state index contributed by atoms with van der Waals surface area (Å²) >= 11 is 0. The predicted molar refractivity (Wildman–Crippen MR) is 57.5 cm³/mol. The van der Waals surface area contributed by atoms with Crippen molar-refractivity contribution in [2.45, 2.75) is 19.9 Å². The van der Waals surface area contributed by atoms with Gasteiger partial charge in [0.25, 0.3) is 5.56 Å². The van der Waals surface area contributed by atoms with Crippen LogP contribution in [0.25, 0.3) is 0 Å². The number of nitriles is 1. The third kappa shape index (κ3) is 2.42. The molecular weight excluding hydrogens is 226 g/mol. The fourth-order valence-electron chi connectivity index (χ4n) is 1.50. The summed E-state index contributed by atoms with van der Waals surface area (Å²) in [6, 6.07) is 0.480. The molecule has 0 aliphatic rings. The van der Waals surface area contributed by atoms with E-state index in [2.05, 4.69) is 0 Å². The number of rotatable bonds is 3. The number of aromatic nitrogens is 2. The van der Waals surface area contributed by atoms with Crippen molar-refractivity contribution in [2.24, 2.45) is 5.92 Å². The zero-order valence-corrected chi connectivity index (χ0v) is 9.30. The van der Waals surface area contributed by atoms with Gasteiger partial charge in [0, 0.05) is 6.20 Å². The molecule has 0 fully saturated rings. The smallest absolute Gasteiger partial charge is 0.329 e. The van der Waals surface area contributed by atoms with E-state index in [1.165, 1.54) is 0 Å². The minimum Gasteiger partial charge on any atom is -0.480 e. The molecule has 7 nitrogen and oxygen atoms in total. The van der Waals surface area contributed by atoms with E-state index in [0.717, 1.165) is 10.8 Å². The van der Waals surface area contributed by atoms with Crippen molar-refractivity contribution in [2.75, 3.05) is 0 Å². The Labute approximate surface area is 95.9 Å². The van der Waals surface area contributed by atoms with Crippen molar-refractivity contribution in [3.63, 3.8) is 0 Å². The Hall–Kier alpha value is -2.36. The van der Waals surface area contributed by atoms with E-state index >= 15 is 0 Å². The van der Waals surface area contributed by atoms with Crippen molar-refractivity contribution in [1.82, 2.24) is 9.55 Å². The van der Waals surface area contributed by atoms with Crippen molar-refractivity contribution in [3.8, 4) is 6.07 Å². The van der Waals surface area contributed by atoms with E-state index < -0.39 is 23.3 Å². The zero-order valence-electron chi connectivity index (χ0n) is 9.30. The van der Waals surface area contributed by atoms with Crippen LogP contribution in [-0.4, -0.2) is 20.6 Å². The molecule has 1 unspecified atom stereocenters. The second kappa shape index (κ2) is 4.65. The van der Waals surface area contributed by atoms with Gasteiger partial charge in [-0.2, -0.15) is 5.26 Å². The van der Waals surface area contributed by atoms with Gasteiger partial charge in [0.15, 0.2) is 0 Å². The number of H-pyrrole nitrogens is 1. The Morgan fingerprint density at radius 3 is 2.53 bits per heavy atom. The van der Waals surface area contributed by atoms with E-state index in [9.17, 15) is 14.4 Å². The molecule has 0 radical (unpaired) electrons. The molecule has 1 rings (SSSR count). The highest BCUT2D eigenvalue weighted by Crippen LogP contribution is 2.15. The molecule has 0 aliphatic heterocycles. The molecule has 1 aromatic heterocycles. The number of carboxylic acids is 1. The standard InChI is InChI=1S/C10H11N3O4/c1-5(2)7(9(15)16)13-4-6(3-11)8(14)12-10(13)17/h4-5,7H,1-2H3,(H,15,16)(H,12,14,17). The number of carbonyl (C=O) groups is 1. The van der Waals surface area contributed by atoms with Crippen LogP contribution in [0.4, 0.5) is 0 Å². The Balaban J connectivity index is 3.51. The van der Waals surface area contributed by atoms with Gasteiger partial charge in [0.2, 0.25) is 0 Å². The Morgan fingerprint density at radius 1 is 1.53 bits per heavy atom. The molecule has 1 aromatic rings. The highest BCUT2D eigenvalue weighted by molar-refractivity contribution is 5.72. The Morgan fingerprint density at radius 2 is 2.12 bits per heavy atom. The first kappa shape index (κ1) is 12.7. The molecule has 1 atom stereocenters. The van der Waals surface area contributed by atoms with Gasteiger partial charge in [-0.15, -0.1) is 0 Å². The average Bonchev–Trinajstić information content (AvgIpc) is 2.20. The molecular formula is C10H11N3O4. The Kier molecular flexibility index (Phi) is 3.48. The predicted octanol–water partition coefficient (Wildman–Crippen LogP) is -0.310. The van der Waals surface area contributed by atoms with Crippen LogP contribution in [0.1, 0.15) is 25.5 Å². The number of hydrogen-bond acceptors (Lipinski definition) is 4. The molecule has 7 heteroatoms. The van der Waals surface area contributed by atoms with Crippen LogP contribution >= 0.6 is 0 Å². The highest BCUT2D eigenvalue weighted by Gasteiger charge is 2.25. The van der Waals surface area contributed by atoms with Gasteiger partial charge in [0.1, 0.15) is 17.7 Å². The highest BCUT2D eigenvalue weighted by atomic mass is 16.4. The van der Waals surface area contributed by atoms with Crippen LogP contribution in [0.3, 0.4) is 0 Å². The van der Waals surface area contributed by atoms with Crippen molar-refractivity contribution in [3.05, 3.63) is 32.6 Å². The van der Waals surface area contributed by atoms with Crippen LogP contribution in [0, 0.1) is 17.2 Å². The van der Waals surface area contributed by atoms with Crippen LogP contribution in [-0.2, 0) is 4.79 Å². The minimum absolute atomic E-state index is 0.295. The molecule has 17 heavy (non-hydrogen) atoms. The molecule has 0 amide bonds. The molecule has 2 N–H and O–H groups in total. The van der Waals surface area contributed by atoms with Crippen LogP contribution in [0.15, 0.2) is 15.8 Å². The third-order valence-electron chi connectivity index (χ3n) is 2.27. The lowest BCUT2D eigenvalue weighted by Crippen LogP contribution is -2.38. The lowest BCUT2D eigenvalue weighted by molar-refractivity contribution is -0.142. The van der Waals surface area contributed by atoms with Gasteiger partial charge in [-0.05, 0) is 5.92 Å². The van der Waals surface area contributed by atoms with Crippen LogP contribution < -0.4 is 11.2 Å². The molecule has 0 spiro atoms. The summed E-state index contributed by atoms with van der Waals surface area (Å²) in [6.45, 7) is 3.25. The fourth-order valence-corrected chi connectivity index (χ4v) is 1.50. The second-order valence-corrected chi connectivity index (χ2v) is 3.85. The van der Waals surface area contributed by atoms with Crippen molar-refractivity contribution < 1.29 is 9.90 Å². The minimum atomic E-state index is -1.20. The molecule has 90 valence electrons. The van der Waals surface area contributed by atoms with Gasteiger partial charge >= 0.3 is 11.7 Å². The first-order valence-electron chi connectivity index (χ1n) is 4.86. The molecule has 0 saturated carbocycles. The monoisotopic (exact) mass is 237 g/mol. The number of nitrogens with zero attached hydrogens (tertiary/aromatic N) is 2. The topological polar surface area (TPSA) is 116 Å². The molecule has 0 bridgehead atoms. The number of nitrogens with one attached hydrogen (secondary N) is 1. The maximum Gasteiger partial charge on any atom is 0.329 e. The number of carboxylic acid groups (broad SMARTS) is 1. The first-order valence-corrected chi connectivity index (χ1v) is 4.86. The zero-order chi connectivity index (χ0) is 13.2. The summed E-state index contributed by atoms with van der Waals surface area (Å²) in [7, 11) is 0. The first-order chi connectivity index (χ1) is 7.88. The van der Waals surface area contributed by atoms with Crippen molar-refractivity contribution >= 4 is 5.97 Å². The van der Waals surface area contributed by atoms with Crippen LogP contribution in [0.2, 0.25) is 0 Å². The number of hydrogen-bond donors (Lipinski definition) is 2. The largest absolute Gasteiger partial charge is 0.480 e. The van der Waals surface area contributed by atoms with Crippen LogP contribution in [0.5, 0.6) is 0 Å². The van der Waals surface area contributed by atoms with Gasteiger partial charge < -0.3 is 5.11 Å². The lowest BCUT2D eigenvalue weighted by Gasteiger charge is -2.18. The fraction of sp³-hybridized carbons (Fsp3) is 0.400. The summed E-state index contributed by atoms with van der Waals surface area (Å²) in [5.74, 6) is -1.55. The molecule has 0 aliphatic carbocycles. The van der Waals surface area contributed by atoms with Gasteiger partial charge in [0.05, 0.1) is 0 Å². The summed E-state index contributed by atoms with van der Waals surface area (Å²) in [4.78, 5) is 35.6. The van der Waals surface area contributed by atoms with Gasteiger partial charge in [-0.1, -0.05) is 13.8 Å². The second-order valence-electron chi connectivity index (χ2n) is 3.85. The maximum atomic E-state index is 11.5. The SMILES string of the molecule is CC(C)C(C(=O)O)n1cc(C#N)c(=O)[nH]c1=O. The van der Waals surface area contributed by atoms with E-state index in [1.807, 2.05) is 4.98 Å². The Bertz CT molecular complexity index is 591. The number of aromatic amines is 1. The third-order valence-corrected chi connectivity index (χ3v) is 2.27. The summed E-state index contributed by atoms with van der Waals surface area (Å²) in [6.07, 6.45) is 0.972. The maximum absolute atomic E-state index is 11.5. The van der Waals surface area contributed by atoms with E-state index in [1.54, 1.807) is 19.9 Å². The van der Waals surface area contributed by atoms with E-state index in [4.69, 9.17) is 10.4 Å². The van der Waals surface area contributed by atoms with E-state index in [0.29, 0.717) is 0 Å². The quantitative estimate of drug-likeness (QED) is 0.747. The summed E-state index contributed by atoms with van der Waals surface area (Å²) in [5.41, 5.74) is -1.95. The normalized spacial score (nSPS) is 12.1. The summed E-state index contributed by atoms with van der Waals surface area (Å²) < 4.78 is 0.854.